The molecule has 2 N–H and O–H groups in total. The number of para-hydroxylation sites is 1. The van der Waals surface area contributed by atoms with Gasteiger partial charge in [0.25, 0.3) is 0 Å². The van der Waals surface area contributed by atoms with Crippen LogP contribution in [0, 0.1) is 17.2 Å². The Balaban J connectivity index is 1.76. The number of aromatic nitrogens is 2. The van der Waals surface area contributed by atoms with Crippen LogP contribution in [0.1, 0.15) is 12.8 Å². The van der Waals surface area contributed by atoms with Crippen molar-refractivity contribution in [3.05, 3.63) is 24.4 Å². The van der Waals surface area contributed by atoms with Gasteiger partial charge in [-0.3, -0.25) is 5.10 Å². The minimum atomic E-state index is -0.160. The smallest absolute Gasteiger partial charge is 0.321 e. The van der Waals surface area contributed by atoms with Crippen LogP contribution in [0.3, 0.4) is 0 Å². The summed E-state index contributed by atoms with van der Waals surface area (Å²) in [7, 11) is 0. The first-order valence-electron chi connectivity index (χ1n) is 6.65. The van der Waals surface area contributed by atoms with Crippen LogP contribution in [-0.4, -0.2) is 34.2 Å². The number of nitrogens with one attached hydrogen (secondary N) is 2. The van der Waals surface area contributed by atoms with Crippen LogP contribution >= 0.6 is 0 Å². The molecule has 1 aromatic heterocycles. The zero-order valence-electron chi connectivity index (χ0n) is 11.0. The minimum Gasteiger partial charge on any atom is -0.323 e. The van der Waals surface area contributed by atoms with Crippen LogP contribution in [0.15, 0.2) is 24.4 Å². The van der Waals surface area contributed by atoms with Crippen molar-refractivity contribution in [3.8, 4) is 6.07 Å². The van der Waals surface area contributed by atoms with Gasteiger partial charge in [0.15, 0.2) is 0 Å². The molecule has 0 aliphatic carbocycles. The molecule has 6 nitrogen and oxygen atoms in total. The third kappa shape index (κ3) is 2.30. The van der Waals surface area contributed by atoms with E-state index in [0.29, 0.717) is 18.8 Å². The molecule has 0 bridgehead atoms. The Kier molecular flexibility index (Phi) is 3.25. The lowest BCUT2D eigenvalue weighted by molar-refractivity contribution is 0.189. The molecule has 2 amide bonds. The molecule has 2 aromatic rings. The maximum absolute atomic E-state index is 12.3. The van der Waals surface area contributed by atoms with Crippen molar-refractivity contribution in [3.63, 3.8) is 0 Å². The molecule has 3 rings (SSSR count). The molecule has 20 heavy (non-hydrogen) atoms. The van der Waals surface area contributed by atoms with E-state index in [1.165, 1.54) is 0 Å². The summed E-state index contributed by atoms with van der Waals surface area (Å²) in [5.41, 5.74) is 1.53. The number of nitrogens with zero attached hydrogens (tertiary/aromatic N) is 3. The highest BCUT2D eigenvalue weighted by molar-refractivity contribution is 5.99. The van der Waals surface area contributed by atoms with Crippen LogP contribution in [0.4, 0.5) is 10.5 Å². The lowest BCUT2D eigenvalue weighted by Gasteiger charge is -2.29. The first-order valence-corrected chi connectivity index (χ1v) is 6.65. The van der Waals surface area contributed by atoms with E-state index in [9.17, 15) is 4.79 Å². The number of amides is 2. The zero-order chi connectivity index (χ0) is 13.9. The lowest BCUT2D eigenvalue weighted by Crippen LogP contribution is -2.42. The number of urea groups is 1. The average Bonchev–Trinajstić information content (AvgIpc) is 2.97. The first-order chi connectivity index (χ1) is 9.78. The number of hydrogen-bond acceptors (Lipinski definition) is 3. The van der Waals surface area contributed by atoms with Crippen molar-refractivity contribution in [1.82, 2.24) is 15.1 Å². The minimum absolute atomic E-state index is 0.0579. The van der Waals surface area contributed by atoms with Crippen LogP contribution in [0.2, 0.25) is 0 Å². The zero-order valence-corrected chi connectivity index (χ0v) is 11.0. The fourth-order valence-corrected chi connectivity index (χ4v) is 2.53. The van der Waals surface area contributed by atoms with Crippen molar-refractivity contribution >= 4 is 22.6 Å². The predicted molar refractivity (Wildman–Crippen MR) is 75.0 cm³/mol. The molecule has 0 radical (unpaired) electrons. The molecule has 1 unspecified atom stereocenters. The van der Waals surface area contributed by atoms with E-state index in [0.717, 1.165) is 23.7 Å². The number of anilines is 1. The summed E-state index contributed by atoms with van der Waals surface area (Å²) < 4.78 is 0. The van der Waals surface area contributed by atoms with Crippen molar-refractivity contribution < 1.29 is 4.79 Å². The van der Waals surface area contributed by atoms with E-state index >= 15 is 0 Å². The Bertz CT molecular complexity index is 671. The van der Waals surface area contributed by atoms with E-state index in [2.05, 4.69) is 21.6 Å². The Morgan fingerprint density at radius 3 is 3.30 bits per heavy atom. The van der Waals surface area contributed by atoms with E-state index in [1.54, 1.807) is 11.1 Å². The second-order valence-corrected chi connectivity index (χ2v) is 4.98. The van der Waals surface area contributed by atoms with Crippen LogP contribution in [-0.2, 0) is 0 Å². The largest absolute Gasteiger partial charge is 0.323 e. The van der Waals surface area contributed by atoms with Gasteiger partial charge in [0.05, 0.1) is 29.4 Å². The molecule has 1 aromatic carbocycles. The number of fused-ring (bicyclic) bond motifs is 1. The summed E-state index contributed by atoms with van der Waals surface area (Å²) in [6.45, 7) is 1.20. The number of carbonyl (C=O) groups is 1. The third-order valence-corrected chi connectivity index (χ3v) is 3.61. The molecular formula is C14H15N5O. The average molecular weight is 269 g/mol. The van der Waals surface area contributed by atoms with Crippen LogP contribution in [0.25, 0.3) is 10.9 Å². The number of hydrogen-bond donors (Lipinski definition) is 2. The summed E-state index contributed by atoms with van der Waals surface area (Å²) >= 11 is 0. The summed E-state index contributed by atoms with van der Waals surface area (Å²) in [4.78, 5) is 14.0. The third-order valence-electron chi connectivity index (χ3n) is 3.61. The fraction of sp³-hybridized carbons (Fsp3) is 0.357. The van der Waals surface area contributed by atoms with Gasteiger partial charge < -0.3 is 10.2 Å². The summed E-state index contributed by atoms with van der Waals surface area (Å²) in [6, 6.07) is 7.73. The van der Waals surface area contributed by atoms with Gasteiger partial charge in [-0.15, -0.1) is 0 Å². The monoisotopic (exact) mass is 269 g/mol. The molecular weight excluding hydrogens is 254 g/mol. The van der Waals surface area contributed by atoms with Gasteiger partial charge >= 0.3 is 6.03 Å². The molecule has 102 valence electrons. The summed E-state index contributed by atoms with van der Waals surface area (Å²) in [6.07, 6.45) is 3.47. The molecule has 0 saturated carbocycles. The molecule has 1 aliphatic heterocycles. The normalized spacial score (nSPS) is 18.8. The highest BCUT2D eigenvalue weighted by Crippen LogP contribution is 2.22. The predicted octanol–water partition coefficient (Wildman–Crippen LogP) is 2.33. The van der Waals surface area contributed by atoms with Crippen LogP contribution in [0.5, 0.6) is 0 Å². The van der Waals surface area contributed by atoms with E-state index in [1.807, 2.05) is 18.2 Å². The number of aromatic amines is 1. The molecule has 1 saturated heterocycles. The quantitative estimate of drug-likeness (QED) is 0.833. The van der Waals surface area contributed by atoms with Crippen molar-refractivity contribution in [2.45, 2.75) is 12.8 Å². The summed E-state index contributed by atoms with van der Waals surface area (Å²) in [5.74, 6) is -0.0579. The van der Waals surface area contributed by atoms with Crippen molar-refractivity contribution in [1.29, 1.82) is 5.26 Å². The van der Waals surface area contributed by atoms with E-state index < -0.39 is 0 Å². The Hall–Kier alpha value is -2.55. The Morgan fingerprint density at radius 1 is 1.55 bits per heavy atom. The van der Waals surface area contributed by atoms with Gasteiger partial charge in [-0.05, 0) is 18.9 Å². The number of benzene rings is 1. The van der Waals surface area contributed by atoms with Crippen LogP contribution < -0.4 is 5.32 Å². The molecule has 1 fully saturated rings. The highest BCUT2D eigenvalue weighted by Gasteiger charge is 2.23. The topological polar surface area (TPSA) is 84.8 Å². The second-order valence-electron chi connectivity index (χ2n) is 4.98. The number of H-pyrrole nitrogens is 1. The number of nitriles is 1. The Labute approximate surface area is 116 Å². The van der Waals surface area contributed by atoms with Gasteiger partial charge in [0, 0.05) is 18.5 Å². The maximum Gasteiger partial charge on any atom is 0.321 e. The van der Waals surface area contributed by atoms with Gasteiger partial charge in [-0.25, -0.2) is 4.79 Å². The van der Waals surface area contributed by atoms with E-state index in [-0.39, 0.29) is 11.9 Å². The SMILES string of the molecule is N#CC1CCCN(C(=O)Nc2cccc3cn[nH]c23)C1. The Morgan fingerprint density at radius 2 is 2.45 bits per heavy atom. The lowest BCUT2D eigenvalue weighted by atomic mass is 10.0. The van der Waals surface area contributed by atoms with Gasteiger partial charge in [0.2, 0.25) is 0 Å². The fourth-order valence-electron chi connectivity index (χ4n) is 2.53. The van der Waals surface area contributed by atoms with E-state index in [4.69, 9.17) is 5.26 Å². The molecule has 6 heteroatoms. The molecule has 2 heterocycles. The molecule has 0 spiro atoms. The highest BCUT2D eigenvalue weighted by atomic mass is 16.2. The van der Waals surface area contributed by atoms with Gasteiger partial charge in [-0.1, -0.05) is 12.1 Å². The van der Waals surface area contributed by atoms with Crippen molar-refractivity contribution in [2.75, 3.05) is 18.4 Å². The number of piperidine rings is 1. The number of rotatable bonds is 1. The van der Waals surface area contributed by atoms with Gasteiger partial charge in [-0.2, -0.15) is 10.4 Å². The number of likely N-dealkylation sites (tertiary alicyclic amines) is 1. The number of carbonyl (C=O) groups excluding carboxylic acids is 1. The maximum atomic E-state index is 12.3. The molecule has 1 atom stereocenters. The summed E-state index contributed by atoms with van der Waals surface area (Å²) in [5, 5.41) is 19.7. The second kappa shape index (κ2) is 5.21. The first kappa shape index (κ1) is 12.5. The van der Waals surface area contributed by atoms with Crippen molar-refractivity contribution in [2.24, 2.45) is 5.92 Å². The molecule has 1 aliphatic rings. The van der Waals surface area contributed by atoms with Gasteiger partial charge in [0.1, 0.15) is 0 Å². The standard InChI is InChI=1S/C14H15N5O/c15-7-10-3-2-6-19(9-10)14(20)17-12-5-1-4-11-8-16-18-13(11)12/h1,4-5,8,10H,2-3,6,9H2,(H,16,18)(H,17,20).